The van der Waals surface area contributed by atoms with Gasteiger partial charge in [-0.25, -0.2) is 4.98 Å². The second-order valence-corrected chi connectivity index (χ2v) is 6.66. The molecule has 1 unspecified atom stereocenters. The Hall–Kier alpha value is -0.580. The fraction of sp³-hybridized carbons (Fsp3) is 0.308. The molecule has 18 heavy (non-hydrogen) atoms. The van der Waals surface area contributed by atoms with Crippen molar-refractivity contribution in [2.45, 2.75) is 25.3 Å². The van der Waals surface area contributed by atoms with Gasteiger partial charge in [0.25, 0.3) is 0 Å². The van der Waals surface area contributed by atoms with E-state index in [9.17, 15) is 0 Å². The predicted molar refractivity (Wildman–Crippen MR) is 80.6 cm³/mol. The quantitative estimate of drug-likeness (QED) is 0.825. The van der Waals surface area contributed by atoms with Gasteiger partial charge in [-0.05, 0) is 58.3 Å². The van der Waals surface area contributed by atoms with E-state index in [0.717, 1.165) is 16.7 Å². The summed E-state index contributed by atoms with van der Waals surface area (Å²) < 4.78 is 0.914. The van der Waals surface area contributed by atoms with E-state index >= 15 is 0 Å². The van der Waals surface area contributed by atoms with Crippen LogP contribution in [0.25, 0.3) is 0 Å². The van der Waals surface area contributed by atoms with Gasteiger partial charge in [-0.3, -0.25) is 0 Å². The molecule has 0 amide bonds. The van der Waals surface area contributed by atoms with Gasteiger partial charge in [-0.2, -0.15) is 0 Å². The van der Waals surface area contributed by atoms with E-state index in [1.165, 1.54) is 23.3 Å². The molecule has 94 valence electrons. The lowest BCUT2D eigenvalue weighted by Crippen LogP contribution is -2.16. The first-order chi connectivity index (χ1) is 8.74. The Morgan fingerprint density at radius 3 is 3.22 bits per heavy atom. The Kier molecular flexibility index (Phi) is 3.59. The monoisotopic (exact) mass is 342 g/mol. The maximum absolute atomic E-state index is 5.90. The van der Waals surface area contributed by atoms with E-state index in [2.05, 4.69) is 37.7 Å². The SMILES string of the molecule is Clc1cnc(NC2CCCc3sccc32)c(Br)c1. The van der Waals surface area contributed by atoms with E-state index in [-0.39, 0.29) is 0 Å². The van der Waals surface area contributed by atoms with Crippen molar-refractivity contribution in [1.82, 2.24) is 4.98 Å². The molecule has 0 radical (unpaired) electrons. The number of rotatable bonds is 2. The van der Waals surface area contributed by atoms with Crippen molar-refractivity contribution in [2.24, 2.45) is 0 Å². The number of anilines is 1. The number of thiophene rings is 1. The summed E-state index contributed by atoms with van der Waals surface area (Å²) >= 11 is 11.3. The van der Waals surface area contributed by atoms with Crippen LogP contribution in [0, 0.1) is 0 Å². The Morgan fingerprint density at radius 1 is 1.50 bits per heavy atom. The molecule has 0 aliphatic heterocycles. The number of aryl methyl sites for hydroxylation is 1. The van der Waals surface area contributed by atoms with Gasteiger partial charge in [0.2, 0.25) is 0 Å². The molecule has 2 heterocycles. The Morgan fingerprint density at radius 2 is 2.39 bits per heavy atom. The molecule has 2 nitrogen and oxygen atoms in total. The fourth-order valence-corrected chi connectivity index (χ4v) is 4.06. The molecule has 1 N–H and O–H groups in total. The molecule has 1 atom stereocenters. The largest absolute Gasteiger partial charge is 0.362 e. The summed E-state index contributed by atoms with van der Waals surface area (Å²) in [5.74, 6) is 0.864. The van der Waals surface area contributed by atoms with Crippen molar-refractivity contribution in [3.05, 3.63) is 43.6 Å². The highest BCUT2D eigenvalue weighted by Crippen LogP contribution is 2.36. The lowest BCUT2D eigenvalue weighted by molar-refractivity contribution is 0.606. The zero-order valence-electron chi connectivity index (χ0n) is 9.62. The Labute approximate surface area is 124 Å². The number of hydrogen-bond donors (Lipinski definition) is 1. The molecular formula is C13H12BrClN2S. The highest BCUT2D eigenvalue weighted by molar-refractivity contribution is 9.10. The van der Waals surface area contributed by atoms with Gasteiger partial charge < -0.3 is 5.32 Å². The van der Waals surface area contributed by atoms with Crippen molar-refractivity contribution in [1.29, 1.82) is 0 Å². The van der Waals surface area contributed by atoms with Crippen molar-refractivity contribution < 1.29 is 0 Å². The van der Waals surface area contributed by atoms with Gasteiger partial charge in [0.1, 0.15) is 5.82 Å². The fourth-order valence-electron chi connectivity index (χ4n) is 2.32. The number of fused-ring (bicyclic) bond motifs is 1. The van der Waals surface area contributed by atoms with E-state index in [4.69, 9.17) is 11.6 Å². The van der Waals surface area contributed by atoms with Crippen LogP contribution < -0.4 is 5.32 Å². The normalized spacial score (nSPS) is 18.4. The molecular weight excluding hydrogens is 332 g/mol. The summed E-state index contributed by atoms with van der Waals surface area (Å²) in [7, 11) is 0. The van der Waals surface area contributed by atoms with E-state index in [0.29, 0.717) is 11.1 Å². The van der Waals surface area contributed by atoms with Crippen molar-refractivity contribution in [3.8, 4) is 0 Å². The average molecular weight is 344 g/mol. The molecule has 0 saturated carbocycles. The van der Waals surface area contributed by atoms with Crippen LogP contribution in [0.5, 0.6) is 0 Å². The number of halogens is 2. The molecule has 2 aromatic rings. The van der Waals surface area contributed by atoms with Crippen LogP contribution in [-0.4, -0.2) is 4.98 Å². The number of nitrogens with zero attached hydrogens (tertiary/aromatic N) is 1. The van der Waals surface area contributed by atoms with E-state index < -0.39 is 0 Å². The molecule has 0 spiro atoms. The third kappa shape index (κ3) is 2.42. The minimum atomic E-state index is 0.366. The summed E-state index contributed by atoms with van der Waals surface area (Å²) in [6.07, 6.45) is 5.27. The molecule has 0 aromatic carbocycles. The van der Waals surface area contributed by atoms with E-state index in [1.807, 2.05) is 17.4 Å². The number of aromatic nitrogens is 1. The van der Waals surface area contributed by atoms with Gasteiger partial charge in [-0.15, -0.1) is 11.3 Å². The molecule has 1 aliphatic rings. The Bertz CT molecular complexity index is 570. The summed E-state index contributed by atoms with van der Waals surface area (Å²) in [5, 5.41) is 6.33. The van der Waals surface area contributed by atoms with Crippen LogP contribution in [-0.2, 0) is 6.42 Å². The second kappa shape index (κ2) is 5.19. The number of nitrogens with one attached hydrogen (secondary N) is 1. The minimum Gasteiger partial charge on any atom is -0.362 e. The van der Waals surface area contributed by atoms with Crippen LogP contribution in [0.15, 0.2) is 28.2 Å². The summed E-state index contributed by atoms with van der Waals surface area (Å²) in [5.41, 5.74) is 1.43. The van der Waals surface area contributed by atoms with Crippen LogP contribution >= 0.6 is 38.9 Å². The third-order valence-electron chi connectivity index (χ3n) is 3.17. The first-order valence-corrected chi connectivity index (χ1v) is 7.93. The molecule has 2 aromatic heterocycles. The maximum Gasteiger partial charge on any atom is 0.140 e. The third-order valence-corrected chi connectivity index (χ3v) is 4.98. The summed E-state index contributed by atoms with van der Waals surface area (Å²) in [6, 6.07) is 4.46. The zero-order chi connectivity index (χ0) is 12.5. The van der Waals surface area contributed by atoms with Crippen molar-refractivity contribution >= 4 is 44.7 Å². The molecule has 1 aliphatic carbocycles. The van der Waals surface area contributed by atoms with Crippen molar-refractivity contribution in [3.63, 3.8) is 0 Å². The van der Waals surface area contributed by atoms with Crippen LogP contribution in [0.1, 0.15) is 29.3 Å². The molecule has 0 saturated heterocycles. The van der Waals surface area contributed by atoms with Gasteiger partial charge in [0, 0.05) is 11.1 Å². The first kappa shape index (κ1) is 12.5. The zero-order valence-corrected chi connectivity index (χ0v) is 12.8. The second-order valence-electron chi connectivity index (χ2n) is 4.37. The molecule has 0 fully saturated rings. The number of pyridine rings is 1. The van der Waals surface area contributed by atoms with Crippen molar-refractivity contribution in [2.75, 3.05) is 5.32 Å². The standard InChI is InChI=1S/C13H12BrClN2S/c14-10-6-8(15)7-16-13(10)17-11-2-1-3-12-9(11)4-5-18-12/h4-7,11H,1-3H2,(H,16,17). The van der Waals surface area contributed by atoms with Gasteiger partial charge in [0.15, 0.2) is 0 Å². The Balaban J connectivity index is 1.86. The van der Waals surface area contributed by atoms with Crippen LogP contribution in [0.4, 0.5) is 5.82 Å². The van der Waals surface area contributed by atoms with Gasteiger partial charge >= 0.3 is 0 Å². The number of hydrogen-bond acceptors (Lipinski definition) is 3. The highest BCUT2D eigenvalue weighted by atomic mass is 79.9. The predicted octanol–water partition coefficient (Wildman–Crippen LogP) is 5.05. The molecule has 0 bridgehead atoms. The van der Waals surface area contributed by atoms with E-state index in [1.54, 1.807) is 6.20 Å². The first-order valence-electron chi connectivity index (χ1n) is 5.88. The molecule has 5 heteroatoms. The average Bonchev–Trinajstić information content (AvgIpc) is 2.82. The maximum atomic E-state index is 5.90. The van der Waals surface area contributed by atoms with Crippen LogP contribution in [0.2, 0.25) is 5.02 Å². The lowest BCUT2D eigenvalue weighted by atomic mass is 9.94. The van der Waals surface area contributed by atoms with Gasteiger partial charge in [0.05, 0.1) is 15.5 Å². The highest BCUT2D eigenvalue weighted by Gasteiger charge is 2.21. The van der Waals surface area contributed by atoms with Gasteiger partial charge in [-0.1, -0.05) is 11.6 Å². The lowest BCUT2D eigenvalue weighted by Gasteiger charge is -2.24. The molecule has 3 rings (SSSR count). The van der Waals surface area contributed by atoms with Crippen LogP contribution in [0.3, 0.4) is 0 Å². The topological polar surface area (TPSA) is 24.9 Å². The summed E-state index contributed by atoms with van der Waals surface area (Å²) in [6.45, 7) is 0. The minimum absolute atomic E-state index is 0.366. The summed E-state index contributed by atoms with van der Waals surface area (Å²) in [4.78, 5) is 5.85. The smallest absolute Gasteiger partial charge is 0.140 e.